The molecule has 0 saturated carbocycles. The predicted molar refractivity (Wildman–Crippen MR) is 117 cm³/mol. The molecule has 12 N–H and O–H groups in total. The van der Waals surface area contributed by atoms with E-state index in [1.807, 2.05) is 4.90 Å². The topological polar surface area (TPSA) is 230 Å². The number of nitrogens with two attached hydrogens (primary N) is 3. The van der Waals surface area contributed by atoms with Gasteiger partial charge in [-0.05, 0) is 37.4 Å². The highest BCUT2D eigenvalue weighted by molar-refractivity contribution is 7.92. The van der Waals surface area contributed by atoms with Gasteiger partial charge in [-0.25, -0.2) is 37.5 Å². The number of aliphatic hydroxyl groups excluding tert-OH is 1. The van der Waals surface area contributed by atoms with Crippen LogP contribution in [0.1, 0.15) is 24.6 Å². The Bertz CT molecular complexity index is 1010. The number of anilines is 1. The molecule has 0 unspecified atom stereocenters. The lowest BCUT2D eigenvalue weighted by molar-refractivity contribution is 0.186. The van der Waals surface area contributed by atoms with Gasteiger partial charge in [0, 0.05) is 37.4 Å². The Morgan fingerprint density at radius 3 is 2.28 bits per heavy atom. The van der Waals surface area contributed by atoms with Gasteiger partial charge in [-0.1, -0.05) is 0 Å². The maximum Gasteiger partial charge on any atom is 0.242 e. The van der Waals surface area contributed by atoms with Crippen LogP contribution < -0.4 is 48.1 Å². The fraction of sp³-hybridized carbons (Fsp3) is 0.625. The first kappa shape index (κ1) is 25.2. The summed E-state index contributed by atoms with van der Waals surface area (Å²) in [4.78, 5) is 0.927. The number of hydrogen-bond donors (Lipinski definition) is 9. The van der Waals surface area contributed by atoms with Crippen molar-refractivity contribution in [1.29, 1.82) is 0 Å². The number of aliphatic hydroxyl groups is 1. The van der Waals surface area contributed by atoms with Crippen LogP contribution >= 0.6 is 0 Å². The summed E-state index contributed by atoms with van der Waals surface area (Å²) in [5.41, 5.74) is 22.6. The third-order valence-corrected chi connectivity index (χ3v) is 8.17. The predicted octanol–water partition coefficient (Wildman–Crippen LogP) is -3.78. The number of nitrogens with one attached hydrogen (secondary N) is 5. The quantitative estimate of drug-likeness (QED) is 0.161. The van der Waals surface area contributed by atoms with Crippen molar-refractivity contribution in [2.24, 2.45) is 22.5 Å². The van der Waals surface area contributed by atoms with Gasteiger partial charge in [0.05, 0.1) is 6.10 Å². The second kappa shape index (κ2) is 10.2. The third-order valence-electron chi connectivity index (χ3n) is 5.56. The van der Waals surface area contributed by atoms with E-state index in [2.05, 4.69) is 26.6 Å². The molecule has 0 aromatic heterocycles. The van der Waals surface area contributed by atoms with Crippen molar-refractivity contribution in [3.8, 4) is 0 Å². The minimum Gasteiger partial charge on any atom is -0.390 e. The molecule has 2 fully saturated rings. The van der Waals surface area contributed by atoms with Gasteiger partial charge in [0.25, 0.3) is 0 Å². The standard InChI is InChI=1S/C16H31N9O5S2/c17-7-10-3-5-25(6-4-10)12-1-2-13(32(29,30)20-9-11(26)8-18)15(31(19,27)28)14(12)16-21-23-24-22-16/h1-2,10-11,16,20-24,26H,3-9,17-18H2,(H2,19,27,28)/t11-/m1/s1. The molecule has 0 spiro atoms. The van der Waals surface area contributed by atoms with Gasteiger partial charge < -0.3 is 21.5 Å². The molecule has 2 heterocycles. The first-order valence-electron chi connectivity index (χ1n) is 10.1. The number of primary sulfonamides is 1. The second-order valence-corrected chi connectivity index (χ2v) is 11.0. The van der Waals surface area contributed by atoms with E-state index in [4.69, 9.17) is 16.6 Å². The average molecular weight is 494 g/mol. The van der Waals surface area contributed by atoms with Gasteiger partial charge in [0.1, 0.15) is 16.0 Å². The van der Waals surface area contributed by atoms with E-state index in [0.717, 1.165) is 12.8 Å². The molecule has 0 radical (unpaired) electrons. The minimum absolute atomic E-state index is 0.151. The summed E-state index contributed by atoms with van der Waals surface area (Å²) >= 11 is 0. The molecule has 0 aliphatic carbocycles. The molecular weight excluding hydrogens is 462 g/mol. The molecular formula is C16H31N9O5S2. The molecule has 0 bridgehead atoms. The van der Waals surface area contributed by atoms with Crippen molar-refractivity contribution in [3.63, 3.8) is 0 Å². The van der Waals surface area contributed by atoms with Crippen LogP contribution in [0.4, 0.5) is 5.69 Å². The van der Waals surface area contributed by atoms with Crippen molar-refractivity contribution in [3.05, 3.63) is 17.7 Å². The van der Waals surface area contributed by atoms with Crippen LogP contribution in [0.25, 0.3) is 0 Å². The fourth-order valence-electron chi connectivity index (χ4n) is 3.80. The van der Waals surface area contributed by atoms with Crippen LogP contribution in [-0.4, -0.2) is 60.8 Å². The molecule has 2 aliphatic rings. The molecule has 16 heteroatoms. The van der Waals surface area contributed by atoms with Crippen molar-refractivity contribution >= 4 is 25.7 Å². The summed E-state index contributed by atoms with van der Waals surface area (Å²) in [7, 11) is -8.84. The van der Waals surface area contributed by atoms with Crippen molar-refractivity contribution in [2.75, 3.05) is 37.6 Å². The first-order chi connectivity index (χ1) is 15.1. The Balaban J connectivity index is 2.13. The number of hydrazine groups is 3. The van der Waals surface area contributed by atoms with E-state index in [1.54, 1.807) is 6.07 Å². The number of piperidine rings is 1. The largest absolute Gasteiger partial charge is 0.390 e. The lowest BCUT2D eigenvalue weighted by atomic mass is 9.96. The van der Waals surface area contributed by atoms with Crippen molar-refractivity contribution in [2.45, 2.75) is 34.9 Å². The molecule has 1 atom stereocenters. The van der Waals surface area contributed by atoms with Crippen molar-refractivity contribution in [1.82, 2.24) is 26.6 Å². The summed E-state index contributed by atoms with van der Waals surface area (Å²) in [6.45, 7) is 1.27. The lowest BCUT2D eigenvalue weighted by Gasteiger charge is -2.35. The van der Waals surface area contributed by atoms with Crippen LogP contribution in [0.5, 0.6) is 0 Å². The normalized spacial score (nSPS) is 20.1. The zero-order valence-electron chi connectivity index (χ0n) is 17.4. The smallest absolute Gasteiger partial charge is 0.242 e. The molecule has 0 amide bonds. The zero-order valence-corrected chi connectivity index (χ0v) is 19.0. The maximum absolute atomic E-state index is 13.0. The number of nitrogens with zero attached hydrogens (tertiary/aromatic N) is 1. The van der Waals surface area contributed by atoms with Crippen LogP contribution in [0.3, 0.4) is 0 Å². The van der Waals surface area contributed by atoms with E-state index in [-0.39, 0.29) is 18.7 Å². The number of hydrogen-bond acceptors (Lipinski definition) is 12. The third kappa shape index (κ3) is 5.54. The Morgan fingerprint density at radius 1 is 1.12 bits per heavy atom. The summed E-state index contributed by atoms with van der Waals surface area (Å²) in [6, 6.07) is 2.77. The summed E-state index contributed by atoms with van der Waals surface area (Å²) < 4.78 is 53.5. The van der Waals surface area contributed by atoms with Gasteiger partial charge in [-0.15, -0.1) is 0 Å². The van der Waals surface area contributed by atoms with E-state index in [0.29, 0.717) is 31.2 Å². The second-order valence-electron chi connectivity index (χ2n) is 7.75. The van der Waals surface area contributed by atoms with Gasteiger partial charge in [-0.2, -0.15) is 11.1 Å². The zero-order chi connectivity index (χ0) is 23.5. The highest BCUT2D eigenvalue weighted by atomic mass is 32.2. The average Bonchev–Trinajstić information content (AvgIpc) is 3.30. The summed E-state index contributed by atoms with van der Waals surface area (Å²) in [5.74, 6) is 0.372. The minimum atomic E-state index is -4.49. The van der Waals surface area contributed by atoms with Gasteiger partial charge in [0.2, 0.25) is 20.0 Å². The summed E-state index contributed by atoms with van der Waals surface area (Å²) in [6.07, 6.45) is -0.296. The van der Waals surface area contributed by atoms with Crippen LogP contribution in [0.15, 0.2) is 21.9 Å². The van der Waals surface area contributed by atoms with E-state index in [9.17, 15) is 21.9 Å². The fourth-order valence-corrected chi connectivity index (χ4v) is 6.53. The number of rotatable bonds is 9. The highest BCUT2D eigenvalue weighted by Crippen LogP contribution is 2.37. The van der Waals surface area contributed by atoms with Crippen LogP contribution in [0.2, 0.25) is 0 Å². The maximum atomic E-state index is 13.0. The molecule has 1 aromatic rings. The van der Waals surface area contributed by atoms with Gasteiger partial charge in [0.15, 0.2) is 0 Å². The molecule has 2 saturated heterocycles. The molecule has 32 heavy (non-hydrogen) atoms. The Hall–Kier alpha value is -1.44. The monoisotopic (exact) mass is 493 g/mol. The molecule has 182 valence electrons. The van der Waals surface area contributed by atoms with E-state index in [1.165, 1.54) is 6.07 Å². The number of benzene rings is 1. The SMILES string of the molecule is NCC1CCN(c2ccc(S(=O)(=O)NC[C@H](O)CN)c(S(N)(=O)=O)c2C2NNNN2)CC1. The molecule has 3 rings (SSSR count). The first-order valence-corrected chi connectivity index (χ1v) is 13.1. The van der Waals surface area contributed by atoms with Crippen molar-refractivity contribution < 1.29 is 21.9 Å². The van der Waals surface area contributed by atoms with Crippen LogP contribution in [0, 0.1) is 5.92 Å². The van der Waals surface area contributed by atoms with Crippen LogP contribution in [-0.2, 0) is 20.0 Å². The number of sulfonamides is 2. The van der Waals surface area contributed by atoms with E-state index < -0.39 is 42.1 Å². The molecule has 2 aliphatic heterocycles. The Morgan fingerprint density at radius 2 is 1.75 bits per heavy atom. The Labute approximate surface area is 187 Å². The lowest BCUT2D eigenvalue weighted by Crippen LogP contribution is -2.40. The van der Waals surface area contributed by atoms with Gasteiger partial charge >= 0.3 is 0 Å². The molecule has 1 aromatic carbocycles. The van der Waals surface area contributed by atoms with E-state index >= 15 is 0 Å². The summed E-state index contributed by atoms with van der Waals surface area (Å²) in [5, 5.41) is 15.2. The molecule has 14 nitrogen and oxygen atoms in total. The van der Waals surface area contributed by atoms with Gasteiger partial charge in [-0.3, -0.25) is 0 Å². The highest BCUT2D eigenvalue weighted by Gasteiger charge is 2.35. The Kier molecular flexibility index (Phi) is 8.05.